The third-order valence-electron chi connectivity index (χ3n) is 9.98. The van der Waals surface area contributed by atoms with Gasteiger partial charge in [0.05, 0.1) is 112 Å². The van der Waals surface area contributed by atoms with E-state index in [1.165, 1.54) is 24.3 Å². The molecule has 396 valence electrons. The van der Waals surface area contributed by atoms with Crippen LogP contribution in [-0.4, -0.2) is 221 Å². The van der Waals surface area contributed by atoms with E-state index in [1.807, 2.05) is 0 Å². The highest BCUT2D eigenvalue weighted by Crippen LogP contribution is 2.08. The molecule has 0 unspecified atom stereocenters. The lowest BCUT2D eigenvalue weighted by atomic mass is 10.0. The Kier molecular flexibility index (Phi) is 35.5. The Balaban J connectivity index is 1.37. The third-order valence-corrected chi connectivity index (χ3v) is 9.98. The first kappa shape index (κ1) is 61.1. The molecule has 0 fully saturated rings. The van der Waals surface area contributed by atoms with Crippen molar-refractivity contribution in [3.05, 3.63) is 24.3 Å². The summed E-state index contributed by atoms with van der Waals surface area (Å²) in [4.78, 5) is 110. The highest BCUT2D eigenvalue weighted by atomic mass is 16.6. The summed E-state index contributed by atoms with van der Waals surface area (Å²) >= 11 is 0. The molecule has 0 spiro atoms. The molecule has 8 amide bonds. The summed E-state index contributed by atoms with van der Waals surface area (Å²) in [6.45, 7) is 6.43. The number of methoxy groups -OCH3 is 1. The number of nitrogens with zero attached hydrogens (tertiary/aromatic N) is 2. The van der Waals surface area contributed by atoms with Crippen LogP contribution in [0.15, 0.2) is 24.3 Å². The number of Topliss-reactive ketones (excluding diaryl/α,β-unsaturated/α-hetero) is 1. The maximum atomic E-state index is 12.9. The monoisotopic (exact) mass is 999 g/mol. The summed E-state index contributed by atoms with van der Waals surface area (Å²) in [6.07, 6.45) is 7.48. The highest BCUT2D eigenvalue weighted by molar-refractivity contribution is 6.13. The standard InChI is InChI=1S/C46H74N6O18/c1-62-20-4-6-38(53)37(50-42(57)14-22-64-26-30-68-34-36-70-32-28-66-24-17-49-40(55)12-19-52-45(60)9-10-46(52)61)5-2-3-15-47-41(56)13-21-63-25-29-67-33-35-69-31-27-65-23-16-48-39(54)11-18-51-43(58)7-8-44(51)59/h7-10,37H,2-6,11-36H2,1H3,(H,47,56)(H,48,54)(H,49,55)(H,50,57)/t37-/m0/s1. The van der Waals surface area contributed by atoms with E-state index < -0.39 is 29.7 Å². The van der Waals surface area contributed by atoms with Gasteiger partial charge in [0.25, 0.3) is 23.6 Å². The number of carbonyl (C=O) groups is 9. The van der Waals surface area contributed by atoms with Gasteiger partial charge in [-0.15, -0.1) is 0 Å². The summed E-state index contributed by atoms with van der Waals surface area (Å²) in [5, 5.41) is 11.0. The van der Waals surface area contributed by atoms with Crippen molar-refractivity contribution < 1.29 is 85.8 Å². The van der Waals surface area contributed by atoms with E-state index in [1.54, 1.807) is 7.11 Å². The topological polar surface area (TPSA) is 291 Å². The molecule has 2 aliphatic rings. The summed E-state index contributed by atoms with van der Waals surface area (Å²) in [7, 11) is 1.56. The van der Waals surface area contributed by atoms with E-state index >= 15 is 0 Å². The Labute approximate surface area is 409 Å². The lowest BCUT2D eigenvalue weighted by Crippen LogP contribution is -2.41. The molecule has 2 rings (SSSR count). The number of amides is 8. The number of ether oxygens (including phenoxy) is 9. The number of imide groups is 2. The zero-order chi connectivity index (χ0) is 50.9. The fourth-order valence-corrected chi connectivity index (χ4v) is 6.22. The van der Waals surface area contributed by atoms with Crippen molar-refractivity contribution >= 4 is 53.0 Å². The molecule has 70 heavy (non-hydrogen) atoms. The number of hydrogen-bond acceptors (Lipinski definition) is 18. The number of carbonyl (C=O) groups excluding carboxylic acids is 9. The van der Waals surface area contributed by atoms with Crippen LogP contribution < -0.4 is 21.3 Å². The Morgan fingerprint density at radius 2 is 0.771 bits per heavy atom. The largest absolute Gasteiger partial charge is 0.385 e. The average Bonchev–Trinajstić information content (AvgIpc) is 3.85. The number of ketones is 1. The molecule has 0 saturated carbocycles. The van der Waals surface area contributed by atoms with Crippen LogP contribution in [0.5, 0.6) is 0 Å². The van der Waals surface area contributed by atoms with Crippen molar-refractivity contribution in [3.8, 4) is 0 Å². The number of unbranched alkanes of at least 4 members (excludes halogenated alkanes) is 1. The Hall–Kier alpha value is -5.05. The molecule has 1 atom stereocenters. The van der Waals surface area contributed by atoms with E-state index in [0.717, 1.165) is 9.80 Å². The maximum absolute atomic E-state index is 12.9. The third kappa shape index (κ3) is 31.2. The van der Waals surface area contributed by atoms with Crippen molar-refractivity contribution in [1.82, 2.24) is 31.1 Å². The van der Waals surface area contributed by atoms with Crippen LogP contribution in [-0.2, 0) is 85.8 Å². The van der Waals surface area contributed by atoms with Gasteiger partial charge >= 0.3 is 0 Å². The maximum Gasteiger partial charge on any atom is 0.253 e. The van der Waals surface area contributed by atoms with E-state index in [0.29, 0.717) is 118 Å². The predicted molar refractivity (Wildman–Crippen MR) is 248 cm³/mol. The Bertz CT molecular complexity index is 1610. The smallest absolute Gasteiger partial charge is 0.253 e. The molecular formula is C46H74N6O18. The highest BCUT2D eigenvalue weighted by Gasteiger charge is 2.25. The first-order chi connectivity index (χ1) is 34.0. The lowest BCUT2D eigenvalue weighted by molar-refractivity contribution is -0.139. The Morgan fingerprint density at radius 3 is 1.19 bits per heavy atom. The molecule has 2 heterocycles. The van der Waals surface area contributed by atoms with Crippen molar-refractivity contribution in [3.63, 3.8) is 0 Å². The summed E-state index contributed by atoms with van der Waals surface area (Å²) < 4.78 is 48.7. The minimum atomic E-state index is -0.653. The number of nitrogens with one attached hydrogen (secondary N) is 4. The quantitative estimate of drug-likeness (QED) is 0.0400. The van der Waals surface area contributed by atoms with Gasteiger partial charge in [-0.3, -0.25) is 53.0 Å². The predicted octanol–water partition coefficient (Wildman–Crippen LogP) is -1.47. The summed E-state index contributed by atoms with van der Waals surface area (Å²) in [5.41, 5.74) is 0. The minimum absolute atomic E-state index is 0.0167. The van der Waals surface area contributed by atoms with Crippen LogP contribution in [0.2, 0.25) is 0 Å². The van der Waals surface area contributed by atoms with Crippen LogP contribution in [0.4, 0.5) is 0 Å². The second kappa shape index (κ2) is 40.7. The minimum Gasteiger partial charge on any atom is -0.385 e. The first-order valence-corrected chi connectivity index (χ1v) is 23.8. The van der Waals surface area contributed by atoms with Gasteiger partial charge in [-0.25, -0.2) is 0 Å². The van der Waals surface area contributed by atoms with Gasteiger partial charge < -0.3 is 63.9 Å². The van der Waals surface area contributed by atoms with Crippen LogP contribution in [0, 0.1) is 0 Å². The van der Waals surface area contributed by atoms with Gasteiger partial charge in [0, 0.05) is 103 Å². The van der Waals surface area contributed by atoms with Gasteiger partial charge in [0.1, 0.15) is 0 Å². The number of hydrogen-bond donors (Lipinski definition) is 4. The fraction of sp³-hybridized carbons (Fsp3) is 0.717. The first-order valence-electron chi connectivity index (χ1n) is 23.8. The second-order valence-electron chi connectivity index (χ2n) is 15.5. The fourth-order valence-electron chi connectivity index (χ4n) is 6.22. The van der Waals surface area contributed by atoms with Crippen molar-refractivity contribution in [2.24, 2.45) is 0 Å². The average molecular weight is 999 g/mol. The molecule has 24 heteroatoms. The molecular weight excluding hydrogens is 925 g/mol. The molecule has 0 aliphatic carbocycles. The zero-order valence-corrected chi connectivity index (χ0v) is 40.5. The van der Waals surface area contributed by atoms with Gasteiger partial charge in [0.2, 0.25) is 23.6 Å². The lowest BCUT2D eigenvalue weighted by Gasteiger charge is -2.18. The Morgan fingerprint density at radius 1 is 0.414 bits per heavy atom. The molecule has 0 aromatic rings. The number of rotatable bonds is 47. The van der Waals surface area contributed by atoms with Crippen LogP contribution >= 0.6 is 0 Å². The van der Waals surface area contributed by atoms with Gasteiger partial charge in [-0.2, -0.15) is 0 Å². The second-order valence-corrected chi connectivity index (χ2v) is 15.5. The van der Waals surface area contributed by atoms with Gasteiger partial charge in [-0.05, 0) is 25.7 Å². The SMILES string of the molecule is COCCCC(=O)[C@H](CCCCNC(=O)CCOCCOCCOCCOCCNC(=O)CCN1C(=O)C=CC1=O)NC(=O)CCOCCOCCOCCOCCNC(=O)CCN1C(=O)C=CC1=O. The molecule has 24 nitrogen and oxygen atoms in total. The van der Waals surface area contributed by atoms with E-state index in [-0.39, 0.29) is 114 Å². The van der Waals surface area contributed by atoms with Crippen molar-refractivity contribution in [2.45, 2.75) is 63.8 Å². The van der Waals surface area contributed by atoms with E-state index in [9.17, 15) is 43.2 Å². The summed E-state index contributed by atoms with van der Waals surface area (Å²) in [5.74, 6) is -2.79. The van der Waals surface area contributed by atoms with Crippen LogP contribution in [0.3, 0.4) is 0 Å². The van der Waals surface area contributed by atoms with Crippen LogP contribution in [0.1, 0.15) is 57.8 Å². The molecule has 0 saturated heterocycles. The molecule has 2 aliphatic heterocycles. The molecule has 0 aromatic carbocycles. The normalized spacial score (nSPS) is 13.7. The molecule has 0 radical (unpaired) electrons. The summed E-state index contributed by atoms with van der Waals surface area (Å²) in [6, 6.07) is -0.653. The molecule has 4 N–H and O–H groups in total. The zero-order valence-electron chi connectivity index (χ0n) is 40.5. The van der Waals surface area contributed by atoms with Gasteiger partial charge in [-0.1, -0.05) is 0 Å². The molecule has 0 bridgehead atoms. The van der Waals surface area contributed by atoms with Crippen LogP contribution in [0.25, 0.3) is 0 Å². The van der Waals surface area contributed by atoms with E-state index in [2.05, 4.69) is 21.3 Å². The van der Waals surface area contributed by atoms with Crippen molar-refractivity contribution in [2.75, 3.05) is 152 Å². The van der Waals surface area contributed by atoms with Crippen molar-refractivity contribution in [1.29, 1.82) is 0 Å². The molecule has 0 aromatic heterocycles. The van der Waals surface area contributed by atoms with E-state index in [4.69, 9.17) is 42.6 Å². The van der Waals surface area contributed by atoms with Gasteiger partial charge in [0.15, 0.2) is 5.78 Å².